The first-order valence-corrected chi connectivity index (χ1v) is 15.8. The number of ether oxygens (including phenoxy) is 3. The molecule has 0 N–H and O–H groups in total. The summed E-state index contributed by atoms with van der Waals surface area (Å²) >= 11 is 1.13. The van der Waals surface area contributed by atoms with Crippen molar-refractivity contribution in [3.63, 3.8) is 0 Å². The molecule has 1 aliphatic heterocycles. The van der Waals surface area contributed by atoms with Crippen molar-refractivity contribution >= 4 is 32.6 Å². The molecule has 0 spiro atoms. The fourth-order valence-corrected chi connectivity index (χ4v) is 6.81. The molecule has 1 fully saturated rings. The van der Waals surface area contributed by atoms with Crippen molar-refractivity contribution in [1.82, 2.24) is 14.5 Å². The average molecular weight is 665 g/mol. The van der Waals surface area contributed by atoms with E-state index in [1.807, 2.05) is 35.2 Å². The molecule has 3 heterocycles. The van der Waals surface area contributed by atoms with Gasteiger partial charge in [-0.25, -0.2) is 9.97 Å². The van der Waals surface area contributed by atoms with Crippen LogP contribution in [0.4, 0.5) is 18.3 Å². The van der Waals surface area contributed by atoms with Crippen molar-refractivity contribution in [1.29, 1.82) is 0 Å². The number of Topliss-reactive ketones (excluding diaryl/α,β-unsaturated/α-hetero) is 1. The molecular formula is C34H31F3N4O5S. The SMILES string of the molecule is COc1ccc(Cn2c(-c3ccccc3OC(F)(F)F)nc3sc(N4CCC[C@@H]4C(=O)CCc4ccccc4)nc3c2=O)c(OC)c1. The molecule has 0 saturated carbocycles. The summed E-state index contributed by atoms with van der Waals surface area (Å²) in [5, 5.41) is 0.464. The molecule has 0 unspecified atom stereocenters. The van der Waals surface area contributed by atoms with Crippen LogP contribution < -0.4 is 24.7 Å². The van der Waals surface area contributed by atoms with Crippen LogP contribution in [-0.4, -0.2) is 53.5 Å². The normalized spacial score (nSPS) is 14.8. The maximum atomic E-state index is 14.2. The third kappa shape index (κ3) is 6.94. The molecule has 1 atom stereocenters. The van der Waals surface area contributed by atoms with Crippen LogP contribution in [0.15, 0.2) is 77.6 Å². The highest BCUT2D eigenvalue weighted by atomic mass is 32.1. The van der Waals surface area contributed by atoms with Gasteiger partial charge in [0, 0.05) is 24.6 Å². The molecule has 9 nitrogen and oxygen atoms in total. The van der Waals surface area contributed by atoms with Gasteiger partial charge in [-0.3, -0.25) is 14.2 Å². The lowest BCUT2D eigenvalue weighted by atomic mass is 10.0. The van der Waals surface area contributed by atoms with Gasteiger partial charge < -0.3 is 19.1 Å². The summed E-state index contributed by atoms with van der Waals surface area (Å²) in [7, 11) is 2.98. The third-order valence-electron chi connectivity index (χ3n) is 8.06. The van der Waals surface area contributed by atoms with Gasteiger partial charge in [-0.1, -0.05) is 53.8 Å². The number of nitrogens with zero attached hydrogens (tertiary/aromatic N) is 4. The van der Waals surface area contributed by atoms with Crippen LogP contribution in [0.1, 0.15) is 30.4 Å². The lowest BCUT2D eigenvalue weighted by molar-refractivity contribution is -0.274. The number of ketones is 1. The summed E-state index contributed by atoms with van der Waals surface area (Å²) < 4.78 is 56.7. The predicted octanol–water partition coefficient (Wildman–Crippen LogP) is 6.65. The number of rotatable bonds is 11. The van der Waals surface area contributed by atoms with E-state index in [1.54, 1.807) is 24.3 Å². The van der Waals surface area contributed by atoms with Crippen LogP contribution in [0.2, 0.25) is 0 Å². The highest BCUT2D eigenvalue weighted by molar-refractivity contribution is 7.21. The van der Waals surface area contributed by atoms with E-state index < -0.39 is 23.7 Å². The molecule has 1 saturated heterocycles. The Kier molecular flexibility index (Phi) is 9.17. The van der Waals surface area contributed by atoms with Gasteiger partial charge in [-0.15, -0.1) is 13.2 Å². The topological polar surface area (TPSA) is 95.8 Å². The predicted molar refractivity (Wildman–Crippen MR) is 173 cm³/mol. The van der Waals surface area contributed by atoms with E-state index in [2.05, 4.69) is 9.72 Å². The number of thiazole rings is 1. The number of alkyl halides is 3. The Morgan fingerprint density at radius 2 is 1.74 bits per heavy atom. The second kappa shape index (κ2) is 13.4. The molecule has 0 bridgehead atoms. The number of hydrogen-bond donors (Lipinski definition) is 0. The zero-order chi connectivity index (χ0) is 33.1. The van der Waals surface area contributed by atoms with Crippen molar-refractivity contribution in [2.45, 2.75) is 44.6 Å². The number of para-hydroxylation sites is 1. The van der Waals surface area contributed by atoms with E-state index in [1.165, 1.54) is 37.0 Å². The number of methoxy groups -OCH3 is 2. The number of anilines is 1. The van der Waals surface area contributed by atoms with Gasteiger partial charge in [0.25, 0.3) is 5.56 Å². The average Bonchev–Trinajstić information content (AvgIpc) is 3.73. The first-order valence-electron chi connectivity index (χ1n) is 15.0. The number of carbonyl (C=O) groups excluding carboxylic acids is 1. The smallest absolute Gasteiger partial charge is 0.497 e. The van der Waals surface area contributed by atoms with Crippen molar-refractivity contribution in [3.8, 4) is 28.6 Å². The van der Waals surface area contributed by atoms with Crippen LogP contribution >= 0.6 is 11.3 Å². The zero-order valence-corrected chi connectivity index (χ0v) is 26.4. The number of benzene rings is 3. The van der Waals surface area contributed by atoms with Crippen molar-refractivity contribution in [2.75, 3.05) is 25.7 Å². The van der Waals surface area contributed by atoms with Crippen LogP contribution in [0, 0.1) is 0 Å². The summed E-state index contributed by atoms with van der Waals surface area (Å²) in [6.07, 6.45) is -2.55. The molecule has 3 aromatic carbocycles. The summed E-state index contributed by atoms with van der Waals surface area (Å²) in [5.41, 5.74) is 1.11. The lowest BCUT2D eigenvalue weighted by Crippen LogP contribution is -2.36. The molecule has 244 valence electrons. The Balaban J connectivity index is 1.42. The number of aryl methyl sites for hydroxylation is 1. The highest BCUT2D eigenvalue weighted by Crippen LogP contribution is 2.37. The summed E-state index contributed by atoms with van der Waals surface area (Å²) in [5.74, 6) is 0.484. The van der Waals surface area contributed by atoms with Crippen LogP contribution in [0.3, 0.4) is 0 Å². The molecule has 2 aromatic heterocycles. The Bertz CT molecular complexity index is 1960. The fourth-order valence-electron chi connectivity index (χ4n) is 5.80. The van der Waals surface area contributed by atoms with Gasteiger partial charge in [0.2, 0.25) is 0 Å². The fraction of sp³-hybridized carbons (Fsp3) is 0.294. The van der Waals surface area contributed by atoms with Gasteiger partial charge in [0.05, 0.1) is 32.4 Å². The minimum Gasteiger partial charge on any atom is -0.497 e. The number of aromatic nitrogens is 3. The Morgan fingerprint density at radius 3 is 2.49 bits per heavy atom. The van der Waals surface area contributed by atoms with Crippen LogP contribution in [-0.2, 0) is 17.8 Å². The van der Waals surface area contributed by atoms with Gasteiger partial charge in [0.1, 0.15) is 23.1 Å². The molecule has 0 amide bonds. The third-order valence-corrected chi connectivity index (χ3v) is 9.04. The summed E-state index contributed by atoms with van der Waals surface area (Å²) in [6.45, 7) is 0.482. The van der Waals surface area contributed by atoms with Crippen molar-refractivity contribution in [3.05, 3.63) is 94.3 Å². The second-order valence-electron chi connectivity index (χ2n) is 11.0. The minimum absolute atomic E-state index is 0.0265. The number of halogens is 3. The molecule has 6 rings (SSSR count). The quantitative estimate of drug-likeness (QED) is 0.155. The van der Waals surface area contributed by atoms with E-state index in [-0.39, 0.29) is 34.1 Å². The molecule has 0 radical (unpaired) electrons. The first-order chi connectivity index (χ1) is 22.6. The Morgan fingerprint density at radius 1 is 0.979 bits per heavy atom. The number of carbonyl (C=O) groups is 1. The van der Waals surface area contributed by atoms with Crippen molar-refractivity contribution in [2.24, 2.45) is 0 Å². The zero-order valence-electron chi connectivity index (χ0n) is 25.6. The van der Waals surface area contributed by atoms with Gasteiger partial charge >= 0.3 is 6.36 Å². The molecule has 0 aliphatic carbocycles. The van der Waals surface area contributed by atoms with E-state index in [0.29, 0.717) is 48.0 Å². The first kappa shape index (κ1) is 32.0. The van der Waals surface area contributed by atoms with E-state index >= 15 is 0 Å². The standard InChI is InChI=1S/C34H31F3N4O5S/c1-44-23-16-15-22(28(19-23)45-2)20-41-30(24-11-6-7-13-27(24)46-34(35,36)37)39-31-29(32(41)43)38-33(47-31)40-18-8-12-25(40)26(42)17-14-21-9-4-3-5-10-21/h3-7,9-11,13,15-16,19,25H,8,12,14,17-18,20H2,1-2H3/t25-/m1/s1. The van der Waals surface area contributed by atoms with E-state index in [9.17, 15) is 22.8 Å². The highest BCUT2D eigenvalue weighted by Gasteiger charge is 2.35. The minimum atomic E-state index is -4.97. The molecular weight excluding hydrogens is 633 g/mol. The van der Waals surface area contributed by atoms with Gasteiger partial charge in [-0.05, 0) is 49.1 Å². The van der Waals surface area contributed by atoms with Crippen LogP contribution in [0.5, 0.6) is 17.2 Å². The molecule has 13 heteroatoms. The van der Waals surface area contributed by atoms with E-state index in [0.717, 1.165) is 23.3 Å². The number of fused-ring (bicyclic) bond motifs is 1. The summed E-state index contributed by atoms with van der Waals surface area (Å²) in [4.78, 5) is 39.1. The molecule has 47 heavy (non-hydrogen) atoms. The summed E-state index contributed by atoms with van der Waals surface area (Å²) in [6, 6.07) is 20.0. The largest absolute Gasteiger partial charge is 0.573 e. The molecule has 1 aliphatic rings. The Labute approximate surface area is 272 Å². The Hall–Kier alpha value is -4.91. The monoisotopic (exact) mass is 664 g/mol. The van der Waals surface area contributed by atoms with E-state index in [4.69, 9.17) is 14.5 Å². The maximum Gasteiger partial charge on any atom is 0.573 e. The van der Waals surface area contributed by atoms with Gasteiger partial charge in [-0.2, -0.15) is 0 Å². The second-order valence-corrected chi connectivity index (χ2v) is 12.0. The van der Waals surface area contributed by atoms with Crippen LogP contribution in [0.25, 0.3) is 21.7 Å². The maximum absolute atomic E-state index is 14.2. The van der Waals surface area contributed by atoms with Gasteiger partial charge in [0.15, 0.2) is 21.3 Å². The number of hydrogen-bond acceptors (Lipinski definition) is 9. The lowest BCUT2D eigenvalue weighted by Gasteiger charge is -2.22. The van der Waals surface area contributed by atoms with Crippen molar-refractivity contribution < 1.29 is 32.2 Å². The molecule has 5 aromatic rings.